The highest BCUT2D eigenvalue weighted by molar-refractivity contribution is 5.79. The Morgan fingerprint density at radius 1 is 0.727 bits per heavy atom. The summed E-state index contributed by atoms with van der Waals surface area (Å²) in [4.78, 5) is 14.3. The van der Waals surface area contributed by atoms with E-state index < -0.39 is 35.1 Å². The van der Waals surface area contributed by atoms with Gasteiger partial charge in [-0.1, -0.05) is 42.0 Å². The number of phenolic OH excluding ortho intramolecular Hbond substituents is 1. The topological polar surface area (TPSA) is 59.0 Å². The third-order valence-electron chi connectivity index (χ3n) is 6.98. The minimum absolute atomic E-state index is 0.0668. The predicted octanol–water partition coefficient (Wildman–Crippen LogP) is 10.00. The Balaban J connectivity index is 1.54. The van der Waals surface area contributed by atoms with Crippen LogP contribution in [0.15, 0.2) is 103 Å². The Morgan fingerprint density at radius 3 is 1.61 bits per heavy atom. The van der Waals surface area contributed by atoms with E-state index in [4.69, 9.17) is 9.47 Å². The van der Waals surface area contributed by atoms with Crippen LogP contribution in [0.2, 0.25) is 0 Å². The molecule has 0 saturated carbocycles. The predicted molar refractivity (Wildman–Crippen MR) is 154 cm³/mol. The van der Waals surface area contributed by atoms with E-state index in [0.29, 0.717) is 24.7 Å². The van der Waals surface area contributed by atoms with Crippen LogP contribution in [0.4, 0.5) is 48.2 Å². The second-order valence-corrected chi connectivity index (χ2v) is 10.1. The highest BCUT2D eigenvalue weighted by Crippen LogP contribution is 2.56. The molecule has 0 atom stereocenters. The van der Waals surface area contributed by atoms with Gasteiger partial charge < -0.3 is 19.5 Å². The second kappa shape index (κ2) is 12.0. The Morgan fingerprint density at radius 2 is 1.18 bits per heavy atom. The number of carbonyl (C=O) groups is 1. The number of rotatable bonds is 7. The Labute approximate surface area is 249 Å². The van der Waals surface area contributed by atoms with Crippen molar-refractivity contribution in [2.45, 2.75) is 38.5 Å². The number of hydrogen-bond acceptors (Lipinski definition) is 5. The smallest absolute Gasteiger partial charge is 0.508 e. The number of halogens is 6. The number of hydrogen-bond donors (Lipinski definition) is 1. The van der Waals surface area contributed by atoms with E-state index in [1.165, 1.54) is 12.1 Å². The normalized spacial score (nSPS) is 12.0. The summed E-state index contributed by atoms with van der Waals surface area (Å²) in [6.45, 7) is 7.54. The first-order chi connectivity index (χ1) is 20.5. The molecule has 0 unspecified atom stereocenters. The monoisotopic (exact) mass is 615 g/mol. The molecule has 0 saturated heterocycles. The summed E-state index contributed by atoms with van der Waals surface area (Å²) in [5, 5.41) is 9.76. The number of carbonyl (C=O) groups excluding carboxylic acids is 1. The van der Waals surface area contributed by atoms with Crippen molar-refractivity contribution in [3.8, 4) is 17.2 Å². The fourth-order valence-electron chi connectivity index (χ4n) is 4.95. The van der Waals surface area contributed by atoms with Gasteiger partial charge in [0.05, 0.1) is 0 Å². The molecule has 0 bridgehead atoms. The summed E-state index contributed by atoms with van der Waals surface area (Å²) >= 11 is 0. The van der Waals surface area contributed by atoms with Crippen LogP contribution in [0.25, 0.3) is 0 Å². The maximum atomic E-state index is 13.8. The summed E-state index contributed by atoms with van der Waals surface area (Å²) < 4.78 is 92.9. The zero-order chi connectivity index (χ0) is 32.4. The first kappa shape index (κ1) is 32.0. The van der Waals surface area contributed by atoms with Gasteiger partial charge in [0.15, 0.2) is 0 Å². The molecule has 0 fully saturated rings. The molecule has 4 aromatic carbocycles. The largest absolute Gasteiger partial charge is 0.519 e. The van der Waals surface area contributed by atoms with Crippen LogP contribution in [-0.2, 0) is 5.41 Å². The Kier molecular flexibility index (Phi) is 8.71. The quantitative estimate of drug-likeness (QED) is 0.0971. The zero-order valence-electron chi connectivity index (χ0n) is 23.8. The molecule has 0 aliphatic carbocycles. The van der Waals surface area contributed by atoms with Gasteiger partial charge in [-0.05, 0) is 98.6 Å². The van der Waals surface area contributed by atoms with Gasteiger partial charge in [-0.3, -0.25) is 0 Å². The summed E-state index contributed by atoms with van der Waals surface area (Å²) in [6, 6.07) is 21.6. The molecule has 4 aromatic rings. The average Bonchev–Trinajstić information content (AvgIpc) is 2.91. The molecule has 11 heteroatoms. The lowest BCUT2D eigenvalue weighted by Gasteiger charge is -2.38. The molecule has 5 nitrogen and oxygen atoms in total. The summed E-state index contributed by atoms with van der Waals surface area (Å²) in [7, 11) is 0. The van der Waals surface area contributed by atoms with Gasteiger partial charge in [-0.15, -0.1) is 0 Å². The summed E-state index contributed by atoms with van der Waals surface area (Å²) in [5.74, 6) is -0.164. The maximum Gasteiger partial charge on any atom is 0.519 e. The van der Waals surface area contributed by atoms with Crippen LogP contribution in [0.3, 0.4) is 0 Å². The van der Waals surface area contributed by atoms with Crippen LogP contribution < -0.4 is 14.4 Å². The minimum Gasteiger partial charge on any atom is -0.508 e. The van der Waals surface area contributed by atoms with Crippen molar-refractivity contribution in [1.82, 2.24) is 0 Å². The molecule has 230 valence electrons. The number of phenols is 1. The van der Waals surface area contributed by atoms with E-state index in [1.807, 2.05) is 36.9 Å². The van der Waals surface area contributed by atoms with Crippen LogP contribution in [0.1, 0.15) is 23.6 Å². The number of ether oxygens (including phenoxy) is 2. The number of aromatic hydroxyl groups is 1. The van der Waals surface area contributed by atoms with E-state index in [-0.39, 0.29) is 17.2 Å². The molecule has 0 amide bonds. The van der Waals surface area contributed by atoms with Crippen LogP contribution in [0, 0.1) is 13.8 Å². The molecule has 44 heavy (non-hydrogen) atoms. The van der Waals surface area contributed by atoms with Gasteiger partial charge in [0.2, 0.25) is 5.41 Å². The van der Waals surface area contributed by atoms with Crippen LogP contribution in [-0.4, -0.2) is 23.6 Å². The van der Waals surface area contributed by atoms with Crippen molar-refractivity contribution in [3.63, 3.8) is 0 Å². The molecule has 0 aromatic heterocycles. The molecule has 0 heterocycles. The van der Waals surface area contributed by atoms with E-state index in [2.05, 4.69) is 6.58 Å². The fraction of sp³-hybridized carbons (Fsp3) is 0.182. The molecule has 4 rings (SSSR count). The SMILES string of the molecule is C=C(C)C(c1ccc(OC(=O)Oc2ccc(N(c3ccc(O)cc3)c3ccc(C)cc3C)cc2)cc1)(C(F)(F)F)C(F)(F)F. The Bertz CT molecular complexity index is 1630. The van der Waals surface area contributed by atoms with Crippen molar-refractivity contribution in [2.75, 3.05) is 4.90 Å². The minimum atomic E-state index is -5.72. The molecule has 0 aliphatic heterocycles. The number of alkyl halides is 6. The van der Waals surface area contributed by atoms with Gasteiger partial charge in [0.25, 0.3) is 0 Å². The van der Waals surface area contributed by atoms with Gasteiger partial charge in [0.1, 0.15) is 17.2 Å². The van der Waals surface area contributed by atoms with E-state index in [9.17, 15) is 36.2 Å². The highest BCUT2D eigenvalue weighted by atomic mass is 19.4. The first-order valence-electron chi connectivity index (χ1n) is 13.1. The van der Waals surface area contributed by atoms with E-state index in [1.54, 1.807) is 36.4 Å². The van der Waals surface area contributed by atoms with Gasteiger partial charge in [-0.25, -0.2) is 4.79 Å². The van der Waals surface area contributed by atoms with Gasteiger partial charge in [0, 0.05) is 17.1 Å². The lowest BCUT2D eigenvalue weighted by atomic mass is 9.73. The van der Waals surface area contributed by atoms with Crippen molar-refractivity contribution in [2.24, 2.45) is 0 Å². The number of allylic oxidation sites excluding steroid dienone is 1. The number of aryl methyl sites for hydroxylation is 2. The molecule has 0 radical (unpaired) electrons. The maximum absolute atomic E-state index is 13.8. The molecule has 1 N–H and O–H groups in total. The number of nitrogens with zero attached hydrogens (tertiary/aromatic N) is 1. The van der Waals surface area contributed by atoms with Crippen molar-refractivity contribution < 1.29 is 45.7 Å². The average molecular weight is 616 g/mol. The van der Waals surface area contributed by atoms with Crippen LogP contribution in [0.5, 0.6) is 17.2 Å². The lowest BCUT2D eigenvalue weighted by molar-refractivity contribution is -0.289. The second-order valence-electron chi connectivity index (χ2n) is 10.1. The van der Waals surface area contributed by atoms with E-state index in [0.717, 1.165) is 34.6 Å². The lowest BCUT2D eigenvalue weighted by Crippen LogP contribution is -2.54. The highest BCUT2D eigenvalue weighted by Gasteiger charge is 2.72. The summed E-state index contributed by atoms with van der Waals surface area (Å²) in [6.07, 6.45) is -12.7. The van der Waals surface area contributed by atoms with Gasteiger partial charge in [-0.2, -0.15) is 26.3 Å². The molecule has 0 aliphatic rings. The number of benzene rings is 4. The molecule has 0 spiro atoms. The van der Waals surface area contributed by atoms with Crippen molar-refractivity contribution in [3.05, 3.63) is 120 Å². The van der Waals surface area contributed by atoms with Crippen LogP contribution >= 0.6 is 0 Å². The van der Waals surface area contributed by atoms with E-state index >= 15 is 0 Å². The zero-order valence-corrected chi connectivity index (χ0v) is 23.8. The number of anilines is 3. The van der Waals surface area contributed by atoms with Gasteiger partial charge >= 0.3 is 18.5 Å². The molecular weight excluding hydrogens is 588 g/mol. The fourth-order valence-corrected chi connectivity index (χ4v) is 4.95. The Hall–Kier alpha value is -4.93. The van der Waals surface area contributed by atoms with Crippen molar-refractivity contribution in [1.29, 1.82) is 0 Å². The standard InChI is InChI=1S/C33H27F6NO4/c1-20(2)31(32(34,35)36,33(37,38)39)23-6-14-27(15-7-23)43-30(42)44-28-16-10-25(11-17-28)40(24-8-12-26(41)13-9-24)29-18-5-21(3)19-22(29)4/h5-19,41H,1H2,2-4H3. The third-order valence-corrected chi connectivity index (χ3v) is 6.98. The summed E-state index contributed by atoms with van der Waals surface area (Å²) in [5.41, 5.74) is -2.22. The van der Waals surface area contributed by atoms with Crippen molar-refractivity contribution >= 4 is 23.2 Å². The third kappa shape index (κ3) is 6.22. The molecular formula is C33H27F6NO4. The first-order valence-corrected chi connectivity index (χ1v) is 13.1.